The highest BCUT2D eigenvalue weighted by molar-refractivity contribution is 7.13. The van der Waals surface area contributed by atoms with Gasteiger partial charge in [-0.05, 0) is 35.8 Å². The Kier molecular flexibility index (Phi) is 6.05. The maximum atomic E-state index is 12.4. The molecule has 1 fully saturated rings. The lowest BCUT2D eigenvalue weighted by molar-refractivity contribution is -0.140. The van der Waals surface area contributed by atoms with Crippen molar-refractivity contribution in [1.29, 1.82) is 0 Å². The van der Waals surface area contributed by atoms with Crippen molar-refractivity contribution in [3.8, 4) is 10.6 Å². The molecule has 3 rings (SSSR count). The molecule has 1 saturated carbocycles. The Balaban J connectivity index is 1.66. The van der Waals surface area contributed by atoms with Crippen LogP contribution in [-0.4, -0.2) is 33.3 Å². The van der Waals surface area contributed by atoms with Gasteiger partial charge in [0.05, 0.1) is 11.3 Å². The van der Waals surface area contributed by atoms with Crippen LogP contribution in [0, 0.1) is 5.41 Å². The highest BCUT2D eigenvalue weighted by Gasteiger charge is 2.34. The first-order chi connectivity index (χ1) is 13.0. The van der Waals surface area contributed by atoms with Crippen molar-refractivity contribution in [3.63, 3.8) is 0 Å². The molecule has 1 amide bonds. The number of carbonyl (C=O) groups is 2. The molecule has 2 N–H and O–H groups in total. The Labute approximate surface area is 161 Å². The lowest BCUT2D eigenvalue weighted by Gasteiger charge is -2.36. The average molecular weight is 389 g/mol. The van der Waals surface area contributed by atoms with Crippen molar-refractivity contribution in [2.24, 2.45) is 5.41 Å². The molecule has 0 atom stereocenters. The van der Waals surface area contributed by atoms with Gasteiger partial charge in [-0.2, -0.15) is 5.10 Å². The minimum absolute atomic E-state index is 0.0549. The van der Waals surface area contributed by atoms with Crippen molar-refractivity contribution in [2.45, 2.75) is 45.1 Å². The summed E-state index contributed by atoms with van der Waals surface area (Å²) in [6, 6.07) is 6.85. The molecule has 1 aliphatic rings. The Morgan fingerprint density at radius 3 is 2.67 bits per heavy atom. The number of carbonyl (C=O) groups excluding carboxylic acids is 1. The van der Waals surface area contributed by atoms with Crippen LogP contribution >= 0.6 is 11.3 Å². The zero-order chi connectivity index (χ0) is 19.3. The van der Waals surface area contributed by atoms with E-state index in [1.807, 2.05) is 17.5 Å². The Bertz CT molecular complexity index is 854. The highest BCUT2D eigenvalue weighted by atomic mass is 32.1. The number of carboxylic acid groups (broad SMARTS) is 1. The molecule has 144 valence electrons. The Morgan fingerprint density at radius 2 is 2.00 bits per heavy atom. The number of nitrogens with one attached hydrogen (secondary N) is 1. The first kappa shape index (κ1) is 19.3. The van der Waals surface area contributed by atoms with Gasteiger partial charge < -0.3 is 10.4 Å². The van der Waals surface area contributed by atoms with Gasteiger partial charge in [-0.1, -0.05) is 25.3 Å². The summed E-state index contributed by atoms with van der Waals surface area (Å²) in [4.78, 5) is 36.6. The summed E-state index contributed by atoms with van der Waals surface area (Å²) >= 11 is 1.51. The molecular formula is C19H23N3O4S. The molecule has 0 aromatic carbocycles. The first-order valence-corrected chi connectivity index (χ1v) is 9.96. The third kappa shape index (κ3) is 5.03. The van der Waals surface area contributed by atoms with E-state index in [4.69, 9.17) is 0 Å². The monoisotopic (exact) mass is 389 g/mol. The van der Waals surface area contributed by atoms with Crippen LogP contribution in [-0.2, 0) is 16.1 Å². The standard InChI is InChI=1S/C19H23N3O4S/c23-16(20-13-19(11-18(25)26)8-2-1-3-9-19)12-22-17(24)7-6-14(21-22)15-5-4-10-27-15/h4-7,10H,1-3,8-9,11-13H2,(H,20,23)(H,25,26). The molecule has 0 bridgehead atoms. The van der Waals surface area contributed by atoms with E-state index < -0.39 is 11.4 Å². The van der Waals surface area contributed by atoms with Gasteiger partial charge in [0.2, 0.25) is 5.91 Å². The molecule has 1 aliphatic carbocycles. The van der Waals surface area contributed by atoms with Crippen molar-refractivity contribution in [1.82, 2.24) is 15.1 Å². The maximum absolute atomic E-state index is 12.4. The van der Waals surface area contributed by atoms with E-state index in [1.54, 1.807) is 6.07 Å². The van der Waals surface area contributed by atoms with E-state index in [9.17, 15) is 19.5 Å². The molecule has 0 unspecified atom stereocenters. The summed E-state index contributed by atoms with van der Waals surface area (Å²) in [7, 11) is 0. The third-order valence-corrected chi connectivity index (χ3v) is 5.93. The molecular weight excluding hydrogens is 366 g/mol. The van der Waals surface area contributed by atoms with Crippen LogP contribution in [0.25, 0.3) is 10.6 Å². The number of nitrogens with zero attached hydrogens (tertiary/aromatic N) is 2. The van der Waals surface area contributed by atoms with E-state index in [0.29, 0.717) is 12.2 Å². The smallest absolute Gasteiger partial charge is 0.303 e. The average Bonchev–Trinajstić information content (AvgIpc) is 3.17. The maximum Gasteiger partial charge on any atom is 0.303 e. The van der Waals surface area contributed by atoms with Crippen molar-refractivity contribution in [3.05, 3.63) is 40.0 Å². The molecule has 2 aromatic rings. The van der Waals surface area contributed by atoms with Crippen molar-refractivity contribution < 1.29 is 14.7 Å². The van der Waals surface area contributed by atoms with E-state index in [2.05, 4.69) is 10.4 Å². The summed E-state index contributed by atoms with van der Waals surface area (Å²) in [5.74, 6) is -1.17. The van der Waals surface area contributed by atoms with Gasteiger partial charge in [-0.15, -0.1) is 11.3 Å². The number of hydrogen-bond acceptors (Lipinski definition) is 5. The molecule has 0 radical (unpaired) electrons. The van der Waals surface area contributed by atoms with E-state index >= 15 is 0 Å². The highest BCUT2D eigenvalue weighted by Crippen LogP contribution is 2.38. The number of aliphatic carboxylic acids is 1. The summed E-state index contributed by atoms with van der Waals surface area (Å²) in [5.41, 5.74) is -0.0906. The number of amides is 1. The second kappa shape index (κ2) is 8.47. The van der Waals surface area contributed by atoms with Gasteiger partial charge in [-0.3, -0.25) is 14.4 Å². The summed E-state index contributed by atoms with van der Waals surface area (Å²) in [6.07, 6.45) is 4.71. The molecule has 2 aromatic heterocycles. The van der Waals surface area contributed by atoms with Gasteiger partial charge >= 0.3 is 5.97 Å². The van der Waals surface area contributed by atoms with E-state index in [0.717, 1.165) is 41.7 Å². The first-order valence-electron chi connectivity index (χ1n) is 9.08. The lowest BCUT2D eigenvalue weighted by Crippen LogP contribution is -2.42. The third-order valence-electron chi connectivity index (χ3n) is 5.03. The molecule has 0 spiro atoms. The quantitative estimate of drug-likeness (QED) is 0.758. The van der Waals surface area contributed by atoms with Gasteiger partial charge in [0, 0.05) is 12.6 Å². The van der Waals surface area contributed by atoms with Gasteiger partial charge in [0.25, 0.3) is 5.56 Å². The predicted octanol–water partition coefficient (Wildman–Crippen LogP) is 2.51. The Morgan fingerprint density at radius 1 is 1.22 bits per heavy atom. The second-order valence-corrected chi connectivity index (χ2v) is 8.05. The SMILES string of the molecule is O=C(O)CC1(CNC(=O)Cn2nc(-c3cccs3)ccc2=O)CCCCC1. The molecule has 0 saturated heterocycles. The normalized spacial score (nSPS) is 16.0. The zero-order valence-corrected chi connectivity index (χ0v) is 15.8. The van der Waals surface area contributed by atoms with Gasteiger partial charge in [0.15, 0.2) is 0 Å². The summed E-state index contributed by atoms with van der Waals surface area (Å²) in [5, 5.41) is 18.2. The van der Waals surface area contributed by atoms with Crippen LogP contribution in [0.15, 0.2) is 34.4 Å². The summed E-state index contributed by atoms with van der Waals surface area (Å²) in [6.45, 7) is 0.138. The largest absolute Gasteiger partial charge is 0.481 e. The number of rotatable bonds is 7. The van der Waals surface area contributed by atoms with Gasteiger partial charge in [0.1, 0.15) is 12.2 Å². The molecule has 2 heterocycles. The van der Waals surface area contributed by atoms with Crippen molar-refractivity contribution >= 4 is 23.2 Å². The topological polar surface area (TPSA) is 101 Å². The van der Waals surface area contributed by atoms with Gasteiger partial charge in [-0.25, -0.2) is 4.68 Å². The lowest BCUT2D eigenvalue weighted by atomic mass is 9.71. The molecule has 0 aliphatic heterocycles. The van der Waals surface area contributed by atoms with Crippen LogP contribution in [0.4, 0.5) is 0 Å². The predicted molar refractivity (Wildman–Crippen MR) is 103 cm³/mol. The molecule has 27 heavy (non-hydrogen) atoms. The fraction of sp³-hybridized carbons (Fsp3) is 0.474. The second-order valence-electron chi connectivity index (χ2n) is 7.10. The fourth-order valence-corrected chi connectivity index (χ4v) is 4.33. The number of aromatic nitrogens is 2. The van der Waals surface area contributed by atoms with Crippen molar-refractivity contribution in [2.75, 3.05) is 6.54 Å². The number of hydrogen-bond donors (Lipinski definition) is 2. The van der Waals surface area contributed by atoms with Crippen LogP contribution in [0.3, 0.4) is 0 Å². The van der Waals surface area contributed by atoms with E-state index in [-0.39, 0.29) is 24.4 Å². The number of thiophene rings is 1. The summed E-state index contributed by atoms with van der Waals surface area (Å²) < 4.78 is 1.15. The Hall–Kier alpha value is -2.48. The number of carboxylic acids is 1. The van der Waals surface area contributed by atoms with Crippen LogP contribution in [0.5, 0.6) is 0 Å². The van der Waals surface area contributed by atoms with Crippen LogP contribution < -0.4 is 10.9 Å². The molecule has 8 heteroatoms. The zero-order valence-electron chi connectivity index (χ0n) is 15.0. The van der Waals surface area contributed by atoms with Crippen LogP contribution in [0.1, 0.15) is 38.5 Å². The minimum atomic E-state index is -0.840. The van der Waals surface area contributed by atoms with Crippen LogP contribution in [0.2, 0.25) is 0 Å². The molecule has 7 nitrogen and oxygen atoms in total. The van der Waals surface area contributed by atoms with E-state index in [1.165, 1.54) is 17.4 Å². The fourth-order valence-electron chi connectivity index (χ4n) is 3.63. The minimum Gasteiger partial charge on any atom is -0.481 e.